The van der Waals surface area contributed by atoms with Crippen molar-refractivity contribution in [2.75, 3.05) is 6.61 Å². The number of allylic oxidation sites excluding steroid dienone is 1. The maximum absolute atomic E-state index is 12.8. The number of hydrogen-bond donors (Lipinski definition) is 1. The molecule has 0 saturated carbocycles. The number of fused-ring (bicyclic) bond motifs is 2. The number of benzene rings is 3. The van der Waals surface area contributed by atoms with Gasteiger partial charge < -0.3 is 24.4 Å². The first-order valence-electron chi connectivity index (χ1n) is 11.2. The summed E-state index contributed by atoms with van der Waals surface area (Å²) in [5, 5.41) is 10.4. The van der Waals surface area contributed by atoms with E-state index < -0.39 is 17.5 Å². The molecule has 178 valence electrons. The van der Waals surface area contributed by atoms with Gasteiger partial charge in [-0.3, -0.25) is 0 Å². The van der Waals surface area contributed by atoms with Crippen LogP contribution >= 0.6 is 0 Å². The molecule has 0 saturated heterocycles. The van der Waals surface area contributed by atoms with E-state index in [-0.39, 0.29) is 22.8 Å². The van der Waals surface area contributed by atoms with Gasteiger partial charge in [-0.05, 0) is 42.8 Å². The largest absolute Gasteiger partial charge is 0.494 e. The Bertz CT molecular complexity index is 1610. The SMILES string of the molecule is CCOc1ccc(C2C(C#N)=C(N)Oc3cc(OC(=O)c4cc5ccccc5oc4=O)ccc32)cc1. The molecule has 36 heavy (non-hydrogen) atoms. The van der Waals surface area contributed by atoms with Crippen LogP contribution in [0.15, 0.2) is 93.5 Å². The molecule has 4 aromatic rings. The Morgan fingerprint density at radius 1 is 1.06 bits per heavy atom. The predicted octanol–water partition coefficient (Wildman–Crippen LogP) is 4.63. The van der Waals surface area contributed by atoms with Gasteiger partial charge in [-0.15, -0.1) is 0 Å². The average molecular weight is 480 g/mol. The number of nitrogens with zero attached hydrogens (tertiary/aromatic N) is 1. The maximum Gasteiger partial charge on any atom is 0.351 e. The molecule has 8 nitrogen and oxygen atoms in total. The van der Waals surface area contributed by atoms with Crippen LogP contribution in [-0.4, -0.2) is 12.6 Å². The van der Waals surface area contributed by atoms with Gasteiger partial charge in [0.15, 0.2) is 0 Å². The molecule has 2 heterocycles. The first kappa shape index (κ1) is 22.7. The summed E-state index contributed by atoms with van der Waals surface area (Å²) in [5.74, 6) is -0.195. The Hall–Kier alpha value is -5.03. The molecule has 1 aliphatic heterocycles. The highest BCUT2D eigenvalue weighted by Crippen LogP contribution is 2.43. The van der Waals surface area contributed by atoms with Gasteiger partial charge in [0.1, 0.15) is 40.0 Å². The van der Waals surface area contributed by atoms with E-state index in [9.17, 15) is 14.9 Å². The minimum Gasteiger partial charge on any atom is -0.494 e. The number of hydrogen-bond acceptors (Lipinski definition) is 8. The van der Waals surface area contributed by atoms with Crippen LogP contribution in [0.5, 0.6) is 17.2 Å². The number of nitriles is 1. The Morgan fingerprint density at radius 2 is 1.81 bits per heavy atom. The van der Waals surface area contributed by atoms with E-state index in [4.69, 9.17) is 24.4 Å². The summed E-state index contributed by atoms with van der Waals surface area (Å²) >= 11 is 0. The lowest BCUT2D eigenvalue weighted by Gasteiger charge is -2.26. The summed E-state index contributed by atoms with van der Waals surface area (Å²) < 4.78 is 21.9. The summed E-state index contributed by atoms with van der Waals surface area (Å²) in [4.78, 5) is 25.1. The zero-order valence-electron chi connectivity index (χ0n) is 19.2. The number of esters is 1. The van der Waals surface area contributed by atoms with Crippen molar-refractivity contribution in [2.45, 2.75) is 12.8 Å². The fourth-order valence-corrected chi connectivity index (χ4v) is 4.13. The zero-order valence-corrected chi connectivity index (χ0v) is 19.2. The highest BCUT2D eigenvalue weighted by atomic mass is 16.5. The van der Waals surface area contributed by atoms with Crippen molar-refractivity contribution in [3.8, 4) is 23.3 Å². The normalized spacial score (nSPS) is 14.5. The van der Waals surface area contributed by atoms with Crippen LogP contribution in [0.2, 0.25) is 0 Å². The van der Waals surface area contributed by atoms with Crippen LogP contribution in [0.25, 0.3) is 11.0 Å². The molecule has 2 N–H and O–H groups in total. The third-order valence-electron chi connectivity index (χ3n) is 5.79. The topological polar surface area (TPSA) is 125 Å². The molecule has 1 aliphatic rings. The summed E-state index contributed by atoms with van der Waals surface area (Å²) in [6, 6.07) is 22.6. The quantitative estimate of drug-likeness (QED) is 0.249. The monoisotopic (exact) mass is 480 g/mol. The van der Waals surface area contributed by atoms with Crippen LogP contribution in [0, 0.1) is 11.3 Å². The van der Waals surface area contributed by atoms with Crippen LogP contribution in [0.4, 0.5) is 0 Å². The third kappa shape index (κ3) is 4.14. The van der Waals surface area contributed by atoms with Crippen LogP contribution < -0.4 is 25.6 Å². The van der Waals surface area contributed by atoms with Crippen molar-refractivity contribution in [2.24, 2.45) is 5.73 Å². The first-order chi connectivity index (χ1) is 17.5. The van der Waals surface area contributed by atoms with Crippen LogP contribution in [-0.2, 0) is 0 Å². The fraction of sp³-hybridized carbons (Fsp3) is 0.107. The number of rotatable bonds is 5. The molecule has 1 unspecified atom stereocenters. The van der Waals surface area contributed by atoms with Gasteiger partial charge in [0.25, 0.3) is 0 Å². The Labute approximate surface area is 205 Å². The standard InChI is InChI=1S/C28H20N2O6/c1-2-33-18-9-7-16(8-10-18)25-20-12-11-19(14-24(20)35-26(30)22(25)15-29)34-27(31)21-13-17-5-3-4-6-23(17)36-28(21)32/h3-14,25H,2,30H2,1H3. The van der Waals surface area contributed by atoms with E-state index in [1.807, 2.05) is 31.2 Å². The van der Waals surface area contributed by atoms with Crippen molar-refractivity contribution in [3.05, 3.63) is 111 Å². The van der Waals surface area contributed by atoms with Crippen LogP contribution in [0.1, 0.15) is 34.3 Å². The molecule has 1 atom stereocenters. The van der Waals surface area contributed by atoms with Gasteiger partial charge in [-0.25, -0.2) is 9.59 Å². The minimum absolute atomic E-state index is 0.0393. The van der Waals surface area contributed by atoms with E-state index in [1.165, 1.54) is 12.1 Å². The molecule has 0 aliphatic carbocycles. The molecule has 1 aromatic heterocycles. The summed E-state index contributed by atoms with van der Waals surface area (Å²) in [6.45, 7) is 2.44. The Kier molecular flexibility index (Phi) is 5.88. The van der Waals surface area contributed by atoms with Crippen molar-refractivity contribution >= 4 is 16.9 Å². The molecule has 5 rings (SSSR count). The van der Waals surface area contributed by atoms with Gasteiger partial charge in [0.2, 0.25) is 5.88 Å². The van der Waals surface area contributed by atoms with Crippen molar-refractivity contribution in [1.29, 1.82) is 5.26 Å². The van der Waals surface area contributed by atoms with Gasteiger partial charge in [0.05, 0.1) is 12.5 Å². The second-order valence-electron chi connectivity index (χ2n) is 8.00. The lowest BCUT2D eigenvalue weighted by atomic mass is 9.83. The third-order valence-corrected chi connectivity index (χ3v) is 5.79. The van der Waals surface area contributed by atoms with E-state index in [0.29, 0.717) is 34.6 Å². The van der Waals surface area contributed by atoms with Crippen molar-refractivity contribution < 1.29 is 23.4 Å². The fourth-order valence-electron chi connectivity index (χ4n) is 4.13. The lowest BCUT2D eigenvalue weighted by molar-refractivity contribution is 0.0730. The van der Waals surface area contributed by atoms with E-state index in [2.05, 4.69) is 6.07 Å². The van der Waals surface area contributed by atoms with E-state index in [0.717, 1.165) is 5.56 Å². The molecule has 0 spiro atoms. The van der Waals surface area contributed by atoms with Gasteiger partial charge in [-0.2, -0.15) is 5.26 Å². The van der Waals surface area contributed by atoms with E-state index in [1.54, 1.807) is 36.4 Å². The smallest absolute Gasteiger partial charge is 0.351 e. The summed E-state index contributed by atoms with van der Waals surface area (Å²) in [7, 11) is 0. The number of carbonyl (C=O) groups is 1. The first-order valence-corrected chi connectivity index (χ1v) is 11.2. The van der Waals surface area contributed by atoms with Gasteiger partial charge >= 0.3 is 11.6 Å². The Morgan fingerprint density at radius 3 is 2.56 bits per heavy atom. The lowest BCUT2D eigenvalue weighted by Crippen LogP contribution is -2.21. The average Bonchev–Trinajstić information content (AvgIpc) is 2.88. The highest BCUT2D eigenvalue weighted by molar-refractivity contribution is 5.94. The van der Waals surface area contributed by atoms with Crippen molar-refractivity contribution in [1.82, 2.24) is 0 Å². The Balaban J connectivity index is 1.47. The van der Waals surface area contributed by atoms with Crippen molar-refractivity contribution in [3.63, 3.8) is 0 Å². The number of nitrogens with two attached hydrogens (primary N) is 1. The highest BCUT2D eigenvalue weighted by Gasteiger charge is 2.31. The molecular weight excluding hydrogens is 460 g/mol. The second-order valence-corrected chi connectivity index (χ2v) is 8.00. The molecule has 0 radical (unpaired) electrons. The molecule has 0 amide bonds. The number of para-hydroxylation sites is 1. The molecule has 8 heteroatoms. The molecule has 0 bridgehead atoms. The predicted molar refractivity (Wildman–Crippen MR) is 131 cm³/mol. The summed E-state index contributed by atoms with van der Waals surface area (Å²) in [5.41, 5.74) is 7.18. The van der Waals surface area contributed by atoms with Gasteiger partial charge in [0, 0.05) is 17.0 Å². The van der Waals surface area contributed by atoms with Crippen LogP contribution in [0.3, 0.4) is 0 Å². The summed E-state index contributed by atoms with van der Waals surface area (Å²) in [6.07, 6.45) is 0. The second kappa shape index (κ2) is 9.31. The van der Waals surface area contributed by atoms with E-state index >= 15 is 0 Å². The number of ether oxygens (including phenoxy) is 3. The number of carbonyl (C=O) groups excluding carboxylic acids is 1. The van der Waals surface area contributed by atoms with Gasteiger partial charge in [-0.1, -0.05) is 36.4 Å². The molecule has 0 fully saturated rings. The molecule has 3 aromatic carbocycles. The zero-order chi connectivity index (χ0) is 25.2. The molecular formula is C28H20N2O6. The maximum atomic E-state index is 12.8. The minimum atomic E-state index is -0.866.